The van der Waals surface area contributed by atoms with Crippen molar-refractivity contribution in [3.8, 4) is 11.3 Å². The van der Waals surface area contributed by atoms with Crippen molar-refractivity contribution < 1.29 is 9.53 Å². The minimum Gasteiger partial charge on any atom is -0.376 e. The summed E-state index contributed by atoms with van der Waals surface area (Å²) >= 11 is 1.63. The zero-order valence-electron chi connectivity index (χ0n) is 14.3. The van der Waals surface area contributed by atoms with Crippen LogP contribution in [0.3, 0.4) is 0 Å². The zero-order chi connectivity index (χ0) is 17.1. The van der Waals surface area contributed by atoms with E-state index in [0.29, 0.717) is 13.2 Å². The number of amides is 1. The van der Waals surface area contributed by atoms with Crippen molar-refractivity contribution >= 4 is 22.9 Å². The van der Waals surface area contributed by atoms with Gasteiger partial charge in [0.25, 0.3) is 0 Å². The Kier molecular flexibility index (Phi) is 5.28. The third-order valence-electron chi connectivity index (χ3n) is 4.14. The molecule has 1 aliphatic heterocycles. The van der Waals surface area contributed by atoms with E-state index in [4.69, 9.17) is 4.74 Å². The van der Waals surface area contributed by atoms with Gasteiger partial charge in [-0.2, -0.15) is 0 Å². The number of anilines is 1. The minimum atomic E-state index is 0.00237. The number of carbonyl (C=O) groups is 1. The number of nitrogens with zero attached hydrogens (tertiary/aromatic N) is 2. The number of benzene rings is 1. The van der Waals surface area contributed by atoms with Crippen molar-refractivity contribution in [1.82, 2.24) is 9.88 Å². The second-order valence-electron chi connectivity index (χ2n) is 6.30. The van der Waals surface area contributed by atoms with Gasteiger partial charge in [0.05, 0.1) is 30.0 Å². The lowest BCUT2D eigenvalue weighted by Gasteiger charge is -2.36. The quantitative estimate of drug-likeness (QED) is 0.925. The van der Waals surface area contributed by atoms with Crippen molar-refractivity contribution in [3.05, 3.63) is 34.7 Å². The monoisotopic (exact) mass is 345 g/mol. The molecule has 0 spiro atoms. The summed E-state index contributed by atoms with van der Waals surface area (Å²) in [5.41, 5.74) is 2.77. The highest BCUT2D eigenvalue weighted by atomic mass is 32.1. The zero-order valence-corrected chi connectivity index (χ0v) is 15.1. The topological polar surface area (TPSA) is 54.5 Å². The number of rotatable bonds is 4. The smallest absolute Gasteiger partial charge is 0.238 e. The van der Waals surface area contributed by atoms with E-state index in [-0.39, 0.29) is 18.1 Å². The van der Waals surface area contributed by atoms with E-state index in [9.17, 15) is 4.79 Å². The van der Waals surface area contributed by atoms with Crippen molar-refractivity contribution in [1.29, 1.82) is 0 Å². The van der Waals surface area contributed by atoms with Crippen LogP contribution in [0.15, 0.2) is 29.6 Å². The molecule has 0 saturated carbocycles. The van der Waals surface area contributed by atoms with Gasteiger partial charge in [-0.05, 0) is 32.9 Å². The molecule has 1 aromatic carbocycles. The van der Waals surface area contributed by atoms with Gasteiger partial charge in [-0.15, -0.1) is 11.3 Å². The van der Waals surface area contributed by atoms with Crippen molar-refractivity contribution in [2.75, 3.05) is 25.0 Å². The van der Waals surface area contributed by atoms with Crippen LogP contribution in [0.2, 0.25) is 0 Å². The summed E-state index contributed by atoms with van der Waals surface area (Å²) in [6.45, 7) is 7.96. The highest BCUT2D eigenvalue weighted by Crippen LogP contribution is 2.24. The van der Waals surface area contributed by atoms with Crippen molar-refractivity contribution in [2.45, 2.75) is 32.9 Å². The Bertz CT molecular complexity index is 716. The summed E-state index contributed by atoms with van der Waals surface area (Å²) in [5, 5.41) is 6.07. The molecule has 2 unspecified atom stereocenters. The van der Waals surface area contributed by atoms with Crippen molar-refractivity contribution in [3.63, 3.8) is 0 Å². The van der Waals surface area contributed by atoms with Gasteiger partial charge in [-0.25, -0.2) is 4.98 Å². The fraction of sp³-hybridized carbons (Fsp3) is 0.444. The summed E-state index contributed by atoms with van der Waals surface area (Å²) in [4.78, 5) is 19.0. The standard InChI is InChI=1S/C18H23N3O2S/c1-12-10-23-13(2)8-21(12)9-18(22)20-16-6-4-5-15(7-16)17-11-24-14(3)19-17/h4-7,11-13H,8-10H2,1-3H3,(H,20,22). The molecule has 5 nitrogen and oxygen atoms in total. The molecular formula is C18H23N3O2S. The summed E-state index contributed by atoms with van der Waals surface area (Å²) in [6.07, 6.45) is 0.172. The molecule has 6 heteroatoms. The van der Waals surface area contributed by atoms with Gasteiger partial charge in [0.15, 0.2) is 0 Å². The highest BCUT2D eigenvalue weighted by Gasteiger charge is 2.25. The maximum absolute atomic E-state index is 12.4. The molecular weight excluding hydrogens is 322 g/mol. The maximum atomic E-state index is 12.4. The normalized spacial score (nSPS) is 21.6. The van der Waals surface area contributed by atoms with Gasteiger partial charge < -0.3 is 10.1 Å². The van der Waals surface area contributed by atoms with Crippen LogP contribution in [0.1, 0.15) is 18.9 Å². The molecule has 2 aromatic rings. The van der Waals surface area contributed by atoms with Gasteiger partial charge >= 0.3 is 0 Å². The summed E-state index contributed by atoms with van der Waals surface area (Å²) in [6, 6.07) is 8.09. The van der Waals surface area contributed by atoms with Crippen LogP contribution in [0, 0.1) is 6.92 Å². The first kappa shape index (κ1) is 17.1. The summed E-state index contributed by atoms with van der Waals surface area (Å²) in [5.74, 6) is 0.00237. The van der Waals surface area contributed by atoms with E-state index in [0.717, 1.165) is 28.5 Å². The van der Waals surface area contributed by atoms with E-state index in [1.807, 2.05) is 43.5 Å². The average Bonchev–Trinajstić information content (AvgIpc) is 2.98. The molecule has 3 rings (SSSR count). The lowest BCUT2D eigenvalue weighted by atomic mass is 10.1. The lowest BCUT2D eigenvalue weighted by Crippen LogP contribution is -2.50. The maximum Gasteiger partial charge on any atom is 0.238 e. The second-order valence-corrected chi connectivity index (χ2v) is 7.37. The predicted octanol–water partition coefficient (Wildman–Crippen LogP) is 3.17. The number of morpholine rings is 1. The molecule has 24 heavy (non-hydrogen) atoms. The highest BCUT2D eigenvalue weighted by molar-refractivity contribution is 7.09. The fourth-order valence-electron chi connectivity index (χ4n) is 2.83. The third-order valence-corrected chi connectivity index (χ3v) is 4.92. The predicted molar refractivity (Wildman–Crippen MR) is 97.4 cm³/mol. The van der Waals surface area contributed by atoms with Crippen LogP contribution < -0.4 is 5.32 Å². The Balaban J connectivity index is 1.64. The Morgan fingerprint density at radius 2 is 2.29 bits per heavy atom. The number of carbonyl (C=O) groups excluding carboxylic acids is 1. The SMILES string of the molecule is Cc1nc(-c2cccc(NC(=O)CN3CC(C)OCC3C)c2)cs1. The fourth-order valence-corrected chi connectivity index (χ4v) is 3.45. The van der Waals surface area contributed by atoms with E-state index in [1.54, 1.807) is 11.3 Å². The van der Waals surface area contributed by atoms with E-state index >= 15 is 0 Å². The average molecular weight is 345 g/mol. The van der Waals surface area contributed by atoms with Crippen LogP contribution in [0.4, 0.5) is 5.69 Å². The molecule has 1 saturated heterocycles. The second kappa shape index (κ2) is 7.42. The Morgan fingerprint density at radius 3 is 3.04 bits per heavy atom. The molecule has 1 amide bonds. The van der Waals surface area contributed by atoms with Gasteiger partial charge in [0.2, 0.25) is 5.91 Å². The molecule has 2 heterocycles. The largest absolute Gasteiger partial charge is 0.376 e. The Hall–Kier alpha value is -1.76. The molecule has 0 aliphatic carbocycles. The minimum absolute atomic E-state index is 0.00237. The Morgan fingerprint density at radius 1 is 1.46 bits per heavy atom. The van der Waals surface area contributed by atoms with Crippen LogP contribution in [-0.4, -0.2) is 47.6 Å². The van der Waals surface area contributed by atoms with Gasteiger partial charge in [-0.3, -0.25) is 9.69 Å². The van der Waals surface area contributed by atoms with Gasteiger partial charge in [0, 0.05) is 29.2 Å². The number of ether oxygens (including phenoxy) is 1. The van der Waals surface area contributed by atoms with E-state index < -0.39 is 0 Å². The molecule has 128 valence electrons. The first-order valence-electron chi connectivity index (χ1n) is 8.19. The molecule has 0 bridgehead atoms. The lowest BCUT2D eigenvalue weighted by molar-refractivity contribution is -0.121. The molecule has 2 atom stereocenters. The molecule has 1 N–H and O–H groups in total. The number of thiazole rings is 1. The Labute approximate surface area is 146 Å². The van der Waals surface area contributed by atoms with Crippen LogP contribution in [0.5, 0.6) is 0 Å². The molecule has 1 fully saturated rings. The van der Waals surface area contributed by atoms with Crippen LogP contribution in [-0.2, 0) is 9.53 Å². The number of hydrogen-bond donors (Lipinski definition) is 1. The molecule has 1 aromatic heterocycles. The number of aromatic nitrogens is 1. The number of aryl methyl sites for hydroxylation is 1. The third kappa shape index (κ3) is 4.20. The van der Waals surface area contributed by atoms with Crippen LogP contribution >= 0.6 is 11.3 Å². The van der Waals surface area contributed by atoms with Crippen LogP contribution in [0.25, 0.3) is 11.3 Å². The number of nitrogens with one attached hydrogen (secondary N) is 1. The molecule has 0 radical (unpaired) electrons. The first-order valence-corrected chi connectivity index (χ1v) is 9.07. The van der Waals surface area contributed by atoms with Crippen molar-refractivity contribution in [2.24, 2.45) is 0 Å². The van der Waals surface area contributed by atoms with E-state index in [1.165, 1.54) is 0 Å². The number of hydrogen-bond acceptors (Lipinski definition) is 5. The summed E-state index contributed by atoms with van der Waals surface area (Å²) in [7, 11) is 0. The first-order chi connectivity index (χ1) is 11.5. The van der Waals surface area contributed by atoms with Gasteiger partial charge in [-0.1, -0.05) is 12.1 Å². The summed E-state index contributed by atoms with van der Waals surface area (Å²) < 4.78 is 5.61. The van der Waals surface area contributed by atoms with Gasteiger partial charge in [0.1, 0.15) is 0 Å². The van der Waals surface area contributed by atoms with E-state index in [2.05, 4.69) is 22.1 Å². The molecule has 1 aliphatic rings.